The van der Waals surface area contributed by atoms with Crippen LogP contribution in [0.3, 0.4) is 0 Å². The molecule has 0 N–H and O–H groups in total. The van der Waals surface area contributed by atoms with Gasteiger partial charge in [0.25, 0.3) is 0 Å². The fraction of sp³-hybridized carbons (Fsp3) is 0.0789. The minimum Gasteiger partial charge on any atom is -0.256 e. The number of hydrogen-bond donors (Lipinski definition) is 0. The van der Waals surface area contributed by atoms with Crippen molar-refractivity contribution in [1.29, 1.82) is 0 Å². The molecule has 1 nitrogen and oxygen atoms in total. The smallest absolute Gasteiger partial charge is 0.180 e. The van der Waals surface area contributed by atoms with Crippen molar-refractivity contribution in [3.05, 3.63) is 146 Å². The molecule has 0 saturated carbocycles. The number of rotatable bonds is 5. The Bertz CT molecular complexity index is 1820. The molecule has 0 unspecified atom stereocenters. The first kappa shape index (κ1) is 25.6. The van der Waals surface area contributed by atoms with Crippen molar-refractivity contribution in [2.75, 3.05) is 0 Å². The Morgan fingerprint density at radius 3 is 1.68 bits per heavy atom. The van der Waals surface area contributed by atoms with Crippen LogP contribution < -0.4 is 25.9 Å². The van der Waals surface area contributed by atoms with Gasteiger partial charge in [0, 0.05) is 11.8 Å². The van der Waals surface area contributed by atoms with Crippen molar-refractivity contribution >= 4 is 42.1 Å². The van der Waals surface area contributed by atoms with E-state index in [-0.39, 0.29) is 0 Å². The van der Waals surface area contributed by atoms with E-state index < -0.39 is 16.1 Å². The number of fused-ring (bicyclic) bond motifs is 3. The SMILES string of the molecule is C[Si](C)(C)c1cnc(-c2ccc3c(c2)-c2ccccc2[Si]3(c2ccccc2)c2ccccc2)cc1-c1ccccc1. The molecule has 1 aliphatic heterocycles. The third-order valence-corrected chi connectivity index (χ3v) is 15.5. The minimum absolute atomic E-state index is 1.03. The first-order valence-electron chi connectivity index (χ1n) is 14.4. The topological polar surface area (TPSA) is 12.9 Å². The van der Waals surface area contributed by atoms with Crippen LogP contribution in [0.4, 0.5) is 0 Å². The first-order chi connectivity index (χ1) is 20.0. The predicted octanol–water partition coefficient (Wildman–Crippen LogP) is 6.32. The maximum atomic E-state index is 5.08. The summed E-state index contributed by atoms with van der Waals surface area (Å²) in [5.74, 6) is 0. The summed E-state index contributed by atoms with van der Waals surface area (Å²) < 4.78 is 0. The molecule has 6 aromatic rings. The molecule has 0 saturated heterocycles. The van der Waals surface area contributed by atoms with Crippen molar-refractivity contribution in [2.45, 2.75) is 19.6 Å². The van der Waals surface area contributed by atoms with Crippen LogP contribution in [0.25, 0.3) is 33.5 Å². The lowest BCUT2D eigenvalue weighted by atomic mass is 9.99. The van der Waals surface area contributed by atoms with E-state index in [2.05, 4.69) is 165 Å². The molecule has 0 aliphatic carbocycles. The van der Waals surface area contributed by atoms with Gasteiger partial charge in [0.05, 0.1) is 13.8 Å². The van der Waals surface area contributed by atoms with Crippen LogP contribution in [0.5, 0.6) is 0 Å². The van der Waals surface area contributed by atoms with E-state index in [1.54, 1.807) is 0 Å². The Morgan fingerprint density at radius 2 is 1.05 bits per heavy atom. The van der Waals surface area contributed by atoms with Crippen LogP contribution in [0.15, 0.2) is 146 Å². The molecule has 0 radical (unpaired) electrons. The van der Waals surface area contributed by atoms with E-state index in [0.29, 0.717) is 0 Å². The van der Waals surface area contributed by atoms with E-state index in [0.717, 1.165) is 5.69 Å². The standard InChI is InChI=1S/C38H33NSi2/c1-40(2,3)38-27-39-35(26-33(38)28-15-7-4-8-16-28)29-23-24-37-34(25-29)32-21-13-14-22-36(32)41(37,30-17-9-5-10-18-30)31-19-11-6-12-20-31/h4-27H,1-3H3. The lowest BCUT2D eigenvalue weighted by Gasteiger charge is -2.31. The Kier molecular flexibility index (Phi) is 6.22. The van der Waals surface area contributed by atoms with Crippen LogP contribution in [0.1, 0.15) is 0 Å². The largest absolute Gasteiger partial charge is 0.256 e. The molecule has 3 heteroatoms. The molecule has 1 aliphatic rings. The summed E-state index contributed by atoms with van der Waals surface area (Å²) in [6.07, 6.45) is 2.15. The zero-order valence-electron chi connectivity index (χ0n) is 23.8. The van der Waals surface area contributed by atoms with Gasteiger partial charge in [-0.1, -0.05) is 147 Å². The van der Waals surface area contributed by atoms with Gasteiger partial charge in [0.1, 0.15) is 0 Å². The summed E-state index contributed by atoms with van der Waals surface area (Å²) in [5, 5.41) is 7.18. The Hall–Kier alpha value is -4.32. The van der Waals surface area contributed by atoms with Gasteiger partial charge in [-0.25, -0.2) is 0 Å². The summed E-state index contributed by atoms with van der Waals surface area (Å²) in [6, 6.07) is 51.7. The van der Waals surface area contributed by atoms with Crippen LogP contribution in [-0.4, -0.2) is 21.1 Å². The molecule has 0 atom stereocenters. The molecule has 5 aromatic carbocycles. The zero-order chi connectivity index (χ0) is 28.0. The van der Waals surface area contributed by atoms with Gasteiger partial charge in [0.2, 0.25) is 0 Å². The van der Waals surface area contributed by atoms with Crippen LogP contribution in [0.2, 0.25) is 19.6 Å². The fourth-order valence-corrected chi connectivity index (χ4v) is 13.3. The van der Waals surface area contributed by atoms with Crippen LogP contribution in [-0.2, 0) is 0 Å². The lowest BCUT2D eigenvalue weighted by Crippen LogP contribution is -2.72. The highest BCUT2D eigenvalue weighted by Crippen LogP contribution is 2.33. The van der Waals surface area contributed by atoms with E-state index >= 15 is 0 Å². The van der Waals surface area contributed by atoms with Gasteiger partial charge < -0.3 is 0 Å². The fourth-order valence-electron chi connectivity index (χ4n) is 6.68. The summed E-state index contributed by atoms with van der Waals surface area (Å²) in [6.45, 7) is 7.21. The Balaban J connectivity index is 1.47. The molecule has 41 heavy (non-hydrogen) atoms. The maximum absolute atomic E-state index is 5.08. The summed E-state index contributed by atoms with van der Waals surface area (Å²) >= 11 is 0. The molecule has 1 aromatic heterocycles. The van der Waals surface area contributed by atoms with Gasteiger partial charge in [0.15, 0.2) is 8.07 Å². The second-order valence-corrected chi connectivity index (χ2v) is 20.8. The average molecular weight is 560 g/mol. The van der Waals surface area contributed by atoms with Crippen LogP contribution >= 0.6 is 0 Å². The molecule has 0 amide bonds. The maximum Gasteiger partial charge on any atom is 0.180 e. The molecular weight excluding hydrogens is 527 g/mol. The first-order valence-corrected chi connectivity index (χ1v) is 19.9. The van der Waals surface area contributed by atoms with Gasteiger partial charge >= 0.3 is 0 Å². The molecule has 7 rings (SSSR count). The number of benzene rings is 5. The number of hydrogen-bond acceptors (Lipinski definition) is 1. The van der Waals surface area contributed by atoms with Crippen molar-refractivity contribution in [2.24, 2.45) is 0 Å². The third-order valence-electron chi connectivity index (χ3n) is 8.55. The third kappa shape index (κ3) is 4.16. The van der Waals surface area contributed by atoms with Gasteiger partial charge in [-0.05, 0) is 60.3 Å². The molecule has 0 fully saturated rings. The van der Waals surface area contributed by atoms with Crippen molar-refractivity contribution in [3.63, 3.8) is 0 Å². The predicted molar refractivity (Wildman–Crippen MR) is 181 cm³/mol. The van der Waals surface area contributed by atoms with E-state index in [1.807, 2.05) is 0 Å². The van der Waals surface area contributed by atoms with Crippen LogP contribution in [0, 0.1) is 0 Å². The summed E-state index contributed by atoms with van der Waals surface area (Å²) in [4.78, 5) is 5.08. The molecule has 2 heterocycles. The molecule has 0 spiro atoms. The van der Waals surface area contributed by atoms with E-state index in [4.69, 9.17) is 4.98 Å². The van der Waals surface area contributed by atoms with E-state index in [1.165, 1.54) is 53.8 Å². The van der Waals surface area contributed by atoms with Crippen molar-refractivity contribution < 1.29 is 0 Å². The van der Waals surface area contributed by atoms with Crippen molar-refractivity contribution in [3.8, 4) is 33.5 Å². The highest BCUT2D eigenvalue weighted by molar-refractivity contribution is 7.22. The number of aromatic nitrogens is 1. The highest BCUT2D eigenvalue weighted by Gasteiger charge is 2.48. The summed E-state index contributed by atoms with van der Waals surface area (Å²) in [7, 11) is -4.06. The second-order valence-electron chi connectivity index (χ2n) is 12.0. The molecule has 198 valence electrons. The lowest BCUT2D eigenvalue weighted by molar-refractivity contribution is 1.34. The highest BCUT2D eigenvalue weighted by atomic mass is 28.3. The quantitative estimate of drug-likeness (QED) is 0.225. The zero-order valence-corrected chi connectivity index (χ0v) is 25.8. The number of nitrogens with zero attached hydrogens (tertiary/aromatic N) is 1. The van der Waals surface area contributed by atoms with Gasteiger partial charge in [-0.15, -0.1) is 0 Å². The average Bonchev–Trinajstić information content (AvgIpc) is 3.32. The normalized spacial score (nSPS) is 13.4. The monoisotopic (exact) mass is 559 g/mol. The van der Waals surface area contributed by atoms with Crippen molar-refractivity contribution in [1.82, 2.24) is 4.98 Å². The Labute approximate surface area is 245 Å². The van der Waals surface area contributed by atoms with E-state index in [9.17, 15) is 0 Å². The number of pyridine rings is 1. The van der Waals surface area contributed by atoms with Gasteiger partial charge in [-0.2, -0.15) is 0 Å². The molecular formula is C38H33NSi2. The second kappa shape index (κ2) is 9.95. The molecule has 0 bridgehead atoms. The summed E-state index contributed by atoms with van der Waals surface area (Å²) in [5.41, 5.74) is 7.47. The Morgan fingerprint density at radius 1 is 0.488 bits per heavy atom. The van der Waals surface area contributed by atoms with Gasteiger partial charge in [-0.3, -0.25) is 4.98 Å². The minimum atomic E-state index is -2.46.